The molecular weight excluding hydrogens is 374 g/mol. The Morgan fingerprint density at radius 1 is 0.964 bits per heavy atom. The van der Waals surface area contributed by atoms with Crippen LogP contribution in [0.4, 0.5) is 17.2 Å². The lowest BCUT2D eigenvalue weighted by Crippen LogP contribution is -2.14. The third kappa shape index (κ3) is 5.01. The Balaban J connectivity index is 1.69. The van der Waals surface area contributed by atoms with E-state index in [2.05, 4.69) is 15.0 Å². The predicted octanol–water partition coefficient (Wildman–Crippen LogP) is 4.72. The van der Waals surface area contributed by atoms with Crippen LogP contribution in [0, 0.1) is 6.92 Å². The Labute approximate surface area is 165 Å². The van der Waals surface area contributed by atoms with E-state index in [0.717, 1.165) is 16.9 Å². The molecule has 0 spiro atoms. The van der Waals surface area contributed by atoms with Gasteiger partial charge >= 0.3 is 0 Å². The number of sulfonamides is 1. The Morgan fingerprint density at radius 3 is 2.29 bits per heavy atom. The summed E-state index contributed by atoms with van der Waals surface area (Å²) < 4.78 is 33.1. The Bertz CT molecular complexity index is 1030. The van der Waals surface area contributed by atoms with Crippen molar-refractivity contribution in [3.05, 3.63) is 72.4 Å². The highest BCUT2D eigenvalue weighted by Gasteiger charge is 2.15. The average molecular weight is 398 g/mol. The van der Waals surface area contributed by atoms with Gasteiger partial charge in [-0.15, -0.1) is 0 Å². The number of nitrogens with one attached hydrogen (secondary N) is 2. The topological polar surface area (TPSA) is 80.3 Å². The largest absolute Gasteiger partial charge is 0.491 e. The molecule has 7 heteroatoms. The molecule has 0 bridgehead atoms. The smallest absolute Gasteiger partial charge is 0.263 e. The van der Waals surface area contributed by atoms with Crippen molar-refractivity contribution in [3.8, 4) is 5.75 Å². The zero-order valence-corrected chi connectivity index (χ0v) is 16.8. The number of hydrogen-bond donors (Lipinski definition) is 2. The molecule has 3 rings (SSSR count). The quantitative estimate of drug-likeness (QED) is 0.603. The lowest BCUT2D eigenvalue weighted by atomic mass is 10.2. The molecule has 0 saturated carbocycles. The average Bonchev–Trinajstić information content (AvgIpc) is 2.65. The summed E-state index contributed by atoms with van der Waals surface area (Å²) in [6.07, 6.45) is 1.61. The van der Waals surface area contributed by atoms with Gasteiger partial charge in [0.2, 0.25) is 0 Å². The van der Waals surface area contributed by atoms with Crippen molar-refractivity contribution in [2.75, 3.05) is 10.0 Å². The molecule has 0 aliphatic carbocycles. The number of aryl methyl sites for hydroxylation is 1. The number of aromatic nitrogens is 1. The molecule has 28 heavy (non-hydrogen) atoms. The second-order valence-corrected chi connectivity index (χ2v) is 8.30. The maximum Gasteiger partial charge on any atom is 0.263 e. The van der Waals surface area contributed by atoms with E-state index in [1.807, 2.05) is 45.0 Å². The van der Waals surface area contributed by atoms with Gasteiger partial charge in [0.25, 0.3) is 10.0 Å². The van der Waals surface area contributed by atoms with Gasteiger partial charge in [0.05, 0.1) is 22.9 Å². The minimum Gasteiger partial charge on any atom is -0.491 e. The molecule has 6 nitrogen and oxygen atoms in total. The van der Waals surface area contributed by atoms with Crippen molar-refractivity contribution in [3.63, 3.8) is 0 Å². The van der Waals surface area contributed by atoms with Crippen LogP contribution in [0.1, 0.15) is 19.4 Å². The highest BCUT2D eigenvalue weighted by Crippen LogP contribution is 2.22. The Hall–Kier alpha value is -3.06. The summed E-state index contributed by atoms with van der Waals surface area (Å²) in [6, 6.07) is 17.6. The summed E-state index contributed by atoms with van der Waals surface area (Å²) in [7, 11) is -3.73. The van der Waals surface area contributed by atoms with Crippen molar-refractivity contribution >= 4 is 27.2 Å². The molecule has 0 radical (unpaired) electrons. The van der Waals surface area contributed by atoms with Gasteiger partial charge in [-0.25, -0.2) is 13.4 Å². The lowest BCUT2D eigenvalue weighted by molar-refractivity contribution is 0.242. The molecule has 1 aromatic heterocycles. The molecule has 146 valence electrons. The highest BCUT2D eigenvalue weighted by atomic mass is 32.2. The van der Waals surface area contributed by atoms with Gasteiger partial charge in [-0.1, -0.05) is 18.2 Å². The maximum absolute atomic E-state index is 12.5. The first-order valence-electron chi connectivity index (χ1n) is 8.92. The van der Waals surface area contributed by atoms with E-state index in [0.29, 0.717) is 5.75 Å². The van der Waals surface area contributed by atoms with Crippen LogP contribution >= 0.6 is 0 Å². The molecular formula is C21H23N3O3S. The standard InChI is InChI=1S/C21H23N3O3S/c1-15(2)27-18-9-11-19(12-10-18)28(25,26)24-21-13-8-17(14-22-21)23-20-7-5-4-6-16(20)3/h4-15,23H,1-3H3,(H,22,24). The molecule has 0 aliphatic rings. The molecule has 0 amide bonds. The first-order chi connectivity index (χ1) is 13.3. The second kappa shape index (κ2) is 8.31. The number of ether oxygens (including phenoxy) is 1. The lowest BCUT2D eigenvalue weighted by Gasteiger charge is -2.12. The summed E-state index contributed by atoms with van der Waals surface area (Å²) in [5, 5.41) is 3.26. The van der Waals surface area contributed by atoms with Gasteiger partial charge in [0.15, 0.2) is 0 Å². The van der Waals surface area contributed by atoms with E-state index in [1.165, 1.54) is 12.1 Å². The predicted molar refractivity (Wildman–Crippen MR) is 112 cm³/mol. The summed E-state index contributed by atoms with van der Waals surface area (Å²) in [5.41, 5.74) is 2.85. The molecule has 2 N–H and O–H groups in total. The third-order valence-corrected chi connectivity index (χ3v) is 5.30. The first kappa shape index (κ1) is 19.7. The zero-order valence-electron chi connectivity index (χ0n) is 16.0. The Morgan fingerprint density at radius 2 is 1.68 bits per heavy atom. The van der Waals surface area contributed by atoms with Gasteiger partial charge in [-0.05, 0) is 68.8 Å². The number of hydrogen-bond acceptors (Lipinski definition) is 5. The number of rotatable bonds is 7. The van der Waals surface area contributed by atoms with Gasteiger partial charge in [-0.2, -0.15) is 0 Å². The first-order valence-corrected chi connectivity index (χ1v) is 10.4. The van der Waals surface area contributed by atoms with Gasteiger partial charge in [0.1, 0.15) is 11.6 Å². The van der Waals surface area contributed by atoms with Crippen LogP contribution < -0.4 is 14.8 Å². The van der Waals surface area contributed by atoms with Crippen LogP contribution in [0.25, 0.3) is 0 Å². The summed E-state index contributed by atoms with van der Waals surface area (Å²) >= 11 is 0. The minimum absolute atomic E-state index is 0.0246. The number of pyridine rings is 1. The molecule has 3 aromatic rings. The monoisotopic (exact) mass is 397 g/mol. The van der Waals surface area contributed by atoms with Crippen LogP contribution in [-0.4, -0.2) is 19.5 Å². The van der Waals surface area contributed by atoms with Gasteiger partial charge in [0, 0.05) is 5.69 Å². The molecule has 2 aromatic carbocycles. The van der Waals surface area contributed by atoms with Crippen LogP contribution in [0.5, 0.6) is 5.75 Å². The van der Waals surface area contributed by atoms with Crippen molar-refractivity contribution in [2.24, 2.45) is 0 Å². The van der Waals surface area contributed by atoms with E-state index in [-0.39, 0.29) is 16.8 Å². The van der Waals surface area contributed by atoms with Crippen molar-refractivity contribution < 1.29 is 13.2 Å². The number of anilines is 3. The summed E-state index contributed by atoms with van der Waals surface area (Å²) in [4.78, 5) is 4.34. The summed E-state index contributed by atoms with van der Waals surface area (Å²) in [5.74, 6) is 0.872. The van der Waals surface area contributed by atoms with E-state index in [1.54, 1.807) is 30.5 Å². The molecule has 1 heterocycles. The second-order valence-electron chi connectivity index (χ2n) is 6.62. The summed E-state index contributed by atoms with van der Waals surface area (Å²) in [6.45, 7) is 5.83. The normalized spacial score (nSPS) is 11.3. The van der Waals surface area contributed by atoms with Crippen LogP contribution in [-0.2, 0) is 10.0 Å². The molecule has 0 fully saturated rings. The molecule has 0 saturated heterocycles. The van der Waals surface area contributed by atoms with E-state index in [9.17, 15) is 8.42 Å². The SMILES string of the molecule is Cc1ccccc1Nc1ccc(NS(=O)(=O)c2ccc(OC(C)C)cc2)nc1. The fourth-order valence-corrected chi connectivity index (χ4v) is 3.57. The molecule has 0 atom stereocenters. The van der Waals surface area contributed by atoms with Gasteiger partial charge in [-0.3, -0.25) is 4.72 Å². The number of nitrogens with zero attached hydrogens (tertiary/aromatic N) is 1. The zero-order chi connectivity index (χ0) is 20.1. The Kier molecular flexibility index (Phi) is 5.84. The fourth-order valence-electron chi connectivity index (χ4n) is 2.56. The molecule has 0 unspecified atom stereocenters. The number of benzene rings is 2. The van der Waals surface area contributed by atoms with Gasteiger partial charge < -0.3 is 10.1 Å². The van der Waals surface area contributed by atoms with Crippen LogP contribution in [0.3, 0.4) is 0 Å². The molecule has 0 aliphatic heterocycles. The third-order valence-electron chi connectivity index (χ3n) is 3.93. The van der Waals surface area contributed by atoms with Crippen molar-refractivity contribution in [1.29, 1.82) is 0 Å². The van der Waals surface area contributed by atoms with E-state index in [4.69, 9.17) is 4.74 Å². The number of para-hydroxylation sites is 1. The van der Waals surface area contributed by atoms with E-state index < -0.39 is 10.0 Å². The minimum atomic E-state index is -3.73. The fraction of sp³-hybridized carbons (Fsp3) is 0.190. The van der Waals surface area contributed by atoms with Crippen molar-refractivity contribution in [2.45, 2.75) is 31.8 Å². The van der Waals surface area contributed by atoms with E-state index >= 15 is 0 Å². The van der Waals surface area contributed by atoms with Crippen LogP contribution in [0.15, 0.2) is 71.8 Å². The maximum atomic E-state index is 12.5. The highest BCUT2D eigenvalue weighted by molar-refractivity contribution is 7.92. The van der Waals surface area contributed by atoms with Crippen LogP contribution in [0.2, 0.25) is 0 Å². The van der Waals surface area contributed by atoms with Crippen molar-refractivity contribution in [1.82, 2.24) is 4.98 Å².